The summed E-state index contributed by atoms with van der Waals surface area (Å²) < 4.78 is 4.81. The number of methoxy groups -OCH3 is 1. The number of aromatic amines is 1. The molecule has 0 aromatic carbocycles. The summed E-state index contributed by atoms with van der Waals surface area (Å²) >= 11 is 5.82. The Labute approximate surface area is 97.0 Å². The predicted molar refractivity (Wildman–Crippen MR) is 58.7 cm³/mol. The van der Waals surface area contributed by atoms with Crippen molar-refractivity contribution in [1.82, 2.24) is 15.5 Å². The van der Waals surface area contributed by atoms with Gasteiger partial charge in [0.05, 0.1) is 12.0 Å². The van der Waals surface area contributed by atoms with Crippen molar-refractivity contribution in [3.05, 3.63) is 28.2 Å². The lowest BCUT2D eigenvalue weighted by Crippen LogP contribution is -2.32. The quantitative estimate of drug-likeness (QED) is 0.701. The maximum atomic E-state index is 11.5. The van der Waals surface area contributed by atoms with E-state index in [4.69, 9.17) is 16.3 Å². The molecule has 6 nitrogen and oxygen atoms in total. The summed E-state index contributed by atoms with van der Waals surface area (Å²) in [5.74, 6) is -0.391. The minimum absolute atomic E-state index is 0.140. The summed E-state index contributed by atoms with van der Waals surface area (Å²) in [5.41, 5.74) is -0.216. The first-order valence-electron chi connectivity index (χ1n) is 4.60. The third-order valence-corrected chi connectivity index (χ3v) is 2.02. The van der Waals surface area contributed by atoms with Gasteiger partial charge in [-0.05, 0) is 6.07 Å². The van der Waals surface area contributed by atoms with Gasteiger partial charge in [-0.15, -0.1) is 11.6 Å². The molecule has 0 bridgehead atoms. The molecule has 0 saturated carbocycles. The normalized spacial score (nSPS) is 12.1. The number of nitrogens with one attached hydrogen (secondary N) is 2. The minimum Gasteiger partial charge on any atom is -0.383 e. The first kappa shape index (κ1) is 12.7. The van der Waals surface area contributed by atoms with Crippen LogP contribution in [0.3, 0.4) is 0 Å². The molecular weight excluding hydrogens is 234 g/mol. The number of hydrogen-bond acceptors (Lipinski definition) is 4. The fourth-order valence-electron chi connectivity index (χ4n) is 1.00. The topological polar surface area (TPSA) is 84.1 Å². The SMILES string of the molecule is COCC(Cl)CNC(=O)c1ccc(=O)[nH]n1. The van der Waals surface area contributed by atoms with E-state index in [1.807, 2.05) is 0 Å². The Morgan fingerprint density at radius 1 is 1.69 bits per heavy atom. The number of ether oxygens (including phenoxy) is 1. The number of nitrogens with zero attached hydrogens (tertiary/aromatic N) is 1. The zero-order valence-electron chi connectivity index (χ0n) is 8.70. The van der Waals surface area contributed by atoms with Crippen molar-refractivity contribution in [2.75, 3.05) is 20.3 Å². The van der Waals surface area contributed by atoms with Crippen LogP contribution >= 0.6 is 11.6 Å². The van der Waals surface area contributed by atoms with Crippen LogP contribution in [0.1, 0.15) is 10.5 Å². The smallest absolute Gasteiger partial charge is 0.271 e. The molecular formula is C9H12ClN3O3. The molecule has 88 valence electrons. The van der Waals surface area contributed by atoms with E-state index in [9.17, 15) is 9.59 Å². The number of rotatable bonds is 5. The van der Waals surface area contributed by atoms with E-state index in [2.05, 4.69) is 15.5 Å². The standard InChI is InChI=1S/C9H12ClN3O3/c1-16-5-6(10)4-11-9(15)7-2-3-8(14)13-12-7/h2-3,6H,4-5H2,1H3,(H,11,15)(H,13,14). The second-order valence-electron chi connectivity index (χ2n) is 3.07. The first-order valence-corrected chi connectivity index (χ1v) is 5.04. The van der Waals surface area contributed by atoms with Gasteiger partial charge in [-0.1, -0.05) is 0 Å². The molecule has 0 aliphatic carbocycles. The number of carbonyl (C=O) groups is 1. The van der Waals surface area contributed by atoms with Gasteiger partial charge in [0.2, 0.25) is 0 Å². The minimum atomic E-state index is -0.391. The number of carbonyl (C=O) groups excluding carboxylic acids is 1. The summed E-state index contributed by atoms with van der Waals surface area (Å²) in [4.78, 5) is 22.2. The van der Waals surface area contributed by atoms with Gasteiger partial charge in [0.1, 0.15) is 5.69 Å². The van der Waals surface area contributed by atoms with Gasteiger partial charge in [0.25, 0.3) is 11.5 Å². The molecule has 1 heterocycles. The van der Waals surface area contributed by atoms with E-state index in [-0.39, 0.29) is 23.2 Å². The molecule has 1 aromatic rings. The number of alkyl halides is 1. The second kappa shape index (κ2) is 6.24. The van der Waals surface area contributed by atoms with E-state index in [1.54, 1.807) is 0 Å². The molecule has 1 unspecified atom stereocenters. The van der Waals surface area contributed by atoms with Crippen LogP contribution in [0, 0.1) is 0 Å². The van der Waals surface area contributed by atoms with Crippen LogP contribution in [0.2, 0.25) is 0 Å². The Balaban J connectivity index is 2.46. The van der Waals surface area contributed by atoms with Gasteiger partial charge < -0.3 is 10.1 Å². The Hall–Kier alpha value is -1.40. The average Bonchev–Trinajstić information content (AvgIpc) is 2.27. The van der Waals surface area contributed by atoms with Crippen LogP contribution < -0.4 is 10.9 Å². The van der Waals surface area contributed by atoms with Gasteiger partial charge in [-0.2, -0.15) is 5.10 Å². The van der Waals surface area contributed by atoms with Crippen molar-refractivity contribution in [2.45, 2.75) is 5.38 Å². The molecule has 16 heavy (non-hydrogen) atoms. The summed E-state index contributed by atoms with van der Waals surface area (Å²) in [7, 11) is 1.53. The van der Waals surface area contributed by atoms with Crippen LogP contribution in [0.25, 0.3) is 0 Å². The predicted octanol–water partition coefficient (Wildman–Crippen LogP) is -0.246. The van der Waals surface area contributed by atoms with Gasteiger partial charge >= 0.3 is 0 Å². The third-order valence-electron chi connectivity index (χ3n) is 1.74. The highest BCUT2D eigenvalue weighted by atomic mass is 35.5. The zero-order chi connectivity index (χ0) is 12.0. The highest BCUT2D eigenvalue weighted by molar-refractivity contribution is 6.21. The lowest BCUT2D eigenvalue weighted by Gasteiger charge is -2.08. The van der Waals surface area contributed by atoms with Crippen molar-refractivity contribution >= 4 is 17.5 Å². The summed E-state index contributed by atoms with van der Waals surface area (Å²) in [5, 5.41) is 8.02. The van der Waals surface area contributed by atoms with Crippen molar-refractivity contribution in [3.8, 4) is 0 Å². The number of aromatic nitrogens is 2. The van der Waals surface area contributed by atoms with Gasteiger partial charge in [-0.3, -0.25) is 9.59 Å². The molecule has 1 aromatic heterocycles. The van der Waals surface area contributed by atoms with Crippen molar-refractivity contribution in [2.24, 2.45) is 0 Å². The molecule has 0 spiro atoms. The maximum absolute atomic E-state index is 11.5. The fourth-order valence-corrected chi connectivity index (χ4v) is 1.21. The van der Waals surface area contributed by atoms with Crippen LogP contribution in [-0.2, 0) is 4.74 Å². The van der Waals surface area contributed by atoms with E-state index in [0.717, 1.165) is 0 Å². The molecule has 0 aliphatic heterocycles. The number of H-pyrrole nitrogens is 1. The Morgan fingerprint density at radius 3 is 3.00 bits per heavy atom. The molecule has 0 aliphatic rings. The molecule has 1 rings (SSSR count). The summed E-state index contributed by atoms with van der Waals surface area (Å²) in [6, 6.07) is 2.57. The lowest BCUT2D eigenvalue weighted by molar-refractivity contribution is 0.0943. The van der Waals surface area contributed by atoms with E-state index in [1.165, 1.54) is 19.2 Å². The second-order valence-corrected chi connectivity index (χ2v) is 3.69. The Kier molecular flexibility index (Phi) is 4.94. The zero-order valence-corrected chi connectivity index (χ0v) is 9.45. The number of amides is 1. The monoisotopic (exact) mass is 245 g/mol. The van der Waals surface area contributed by atoms with Gasteiger partial charge in [0, 0.05) is 19.7 Å². The van der Waals surface area contributed by atoms with Gasteiger partial charge in [-0.25, -0.2) is 5.10 Å². The highest BCUT2D eigenvalue weighted by Gasteiger charge is 2.09. The highest BCUT2D eigenvalue weighted by Crippen LogP contribution is 1.95. The molecule has 0 saturated heterocycles. The van der Waals surface area contributed by atoms with Crippen molar-refractivity contribution < 1.29 is 9.53 Å². The molecule has 1 amide bonds. The average molecular weight is 246 g/mol. The summed E-state index contributed by atoms with van der Waals surface area (Å²) in [6.07, 6.45) is 0. The van der Waals surface area contributed by atoms with E-state index in [0.29, 0.717) is 6.61 Å². The number of hydrogen-bond donors (Lipinski definition) is 2. The van der Waals surface area contributed by atoms with E-state index >= 15 is 0 Å². The van der Waals surface area contributed by atoms with Crippen LogP contribution in [0.4, 0.5) is 0 Å². The largest absolute Gasteiger partial charge is 0.383 e. The number of halogens is 1. The third kappa shape index (κ3) is 4.00. The van der Waals surface area contributed by atoms with Crippen LogP contribution in [-0.4, -0.2) is 41.7 Å². The maximum Gasteiger partial charge on any atom is 0.271 e. The summed E-state index contributed by atoms with van der Waals surface area (Å²) in [6.45, 7) is 0.621. The molecule has 2 N–H and O–H groups in total. The molecule has 0 fully saturated rings. The Bertz CT molecular complexity index is 387. The fraction of sp³-hybridized carbons (Fsp3) is 0.444. The first-order chi connectivity index (χ1) is 7.63. The van der Waals surface area contributed by atoms with Gasteiger partial charge in [0.15, 0.2) is 0 Å². The van der Waals surface area contributed by atoms with Crippen LogP contribution in [0.5, 0.6) is 0 Å². The Morgan fingerprint density at radius 2 is 2.44 bits per heavy atom. The molecule has 0 radical (unpaired) electrons. The van der Waals surface area contributed by atoms with Crippen molar-refractivity contribution in [1.29, 1.82) is 0 Å². The van der Waals surface area contributed by atoms with Crippen molar-refractivity contribution in [3.63, 3.8) is 0 Å². The van der Waals surface area contributed by atoms with E-state index < -0.39 is 5.91 Å². The van der Waals surface area contributed by atoms with Crippen LogP contribution in [0.15, 0.2) is 16.9 Å². The molecule has 1 atom stereocenters. The lowest BCUT2D eigenvalue weighted by atomic mass is 10.3. The molecule has 7 heteroatoms.